The summed E-state index contributed by atoms with van der Waals surface area (Å²) in [5.74, 6) is 2.47. The third-order valence-corrected chi connectivity index (χ3v) is 7.95. The van der Waals surface area contributed by atoms with E-state index >= 15 is 0 Å². The standard InChI is InChI=1S/C28H34ClN3O3/c1-34-21-13-14-23-24(17-21)32(27(31-23)19-12-15-25(35-2)22(29)16-19)26(18-8-6-7-9-18)28(33)30-20-10-4-3-5-11-20/h12-18,20,26H,3-11H2,1-2H3,(H,30,33). The molecule has 0 aliphatic heterocycles. The molecule has 0 saturated heterocycles. The van der Waals surface area contributed by atoms with E-state index in [1.54, 1.807) is 14.2 Å². The molecule has 2 aliphatic carbocycles. The van der Waals surface area contributed by atoms with E-state index in [1.165, 1.54) is 19.3 Å². The molecule has 35 heavy (non-hydrogen) atoms. The Labute approximate surface area is 212 Å². The fraction of sp³-hybridized carbons (Fsp3) is 0.500. The quantitative estimate of drug-likeness (QED) is 0.403. The van der Waals surface area contributed by atoms with Crippen LogP contribution in [0.25, 0.3) is 22.4 Å². The molecule has 1 N–H and O–H groups in total. The van der Waals surface area contributed by atoms with Crippen LogP contribution in [-0.4, -0.2) is 35.7 Å². The first-order valence-corrected chi connectivity index (χ1v) is 13.2. The summed E-state index contributed by atoms with van der Waals surface area (Å²) in [5.41, 5.74) is 2.60. The Hall–Kier alpha value is -2.73. The second-order valence-electron chi connectivity index (χ2n) is 9.84. The third kappa shape index (κ3) is 4.86. The number of fused-ring (bicyclic) bond motifs is 1. The molecule has 2 fully saturated rings. The molecule has 5 rings (SSSR count). The third-order valence-electron chi connectivity index (χ3n) is 7.65. The molecular weight excluding hydrogens is 462 g/mol. The Balaban J connectivity index is 1.65. The van der Waals surface area contributed by atoms with Crippen LogP contribution in [0.5, 0.6) is 11.5 Å². The Morgan fingerprint density at radius 3 is 2.43 bits per heavy atom. The van der Waals surface area contributed by atoms with Crippen LogP contribution < -0.4 is 14.8 Å². The molecule has 3 aromatic rings. The van der Waals surface area contributed by atoms with Crippen LogP contribution in [0.1, 0.15) is 63.8 Å². The molecule has 2 aromatic carbocycles. The summed E-state index contributed by atoms with van der Waals surface area (Å²) in [7, 11) is 3.27. The molecular formula is C28H34ClN3O3. The second kappa shape index (κ2) is 10.5. The average molecular weight is 496 g/mol. The number of nitrogens with one attached hydrogen (secondary N) is 1. The number of ether oxygens (including phenoxy) is 2. The Kier molecular flexibility index (Phi) is 7.19. The van der Waals surface area contributed by atoms with Gasteiger partial charge >= 0.3 is 0 Å². The van der Waals surface area contributed by atoms with Crippen LogP contribution in [0.3, 0.4) is 0 Å². The maximum Gasteiger partial charge on any atom is 0.243 e. The zero-order valence-corrected chi connectivity index (χ0v) is 21.3. The van der Waals surface area contributed by atoms with E-state index in [1.807, 2.05) is 36.4 Å². The van der Waals surface area contributed by atoms with Crippen LogP contribution in [0, 0.1) is 5.92 Å². The van der Waals surface area contributed by atoms with E-state index in [4.69, 9.17) is 26.1 Å². The first-order valence-electron chi connectivity index (χ1n) is 12.8. The molecule has 1 atom stereocenters. The van der Waals surface area contributed by atoms with Gasteiger partial charge < -0.3 is 19.4 Å². The molecule has 1 amide bonds. The lowest BCUT2D eigenvalue weighted by Crippen LogP contribution is -2.43. The number of nitrogens with zero attached hydrogens (tertiary/aromatic N) is 2. The van der Waals surface area contributed by atoms with Crippen LogP contribution in [-0.2, 0) is 4.79 Å². The smallest absolute Gasteiger partial charge is 0.243 e. The maximum absolute atomic E-state index is 14.0. The summed E-state index contributed by atoms with van der Waals surface area (Å²) in [4.78, 5) is 19.0. The first kappa shape index (κ1) is 24.0. The predicted molar refractivity (Wildman–Crippen MR) is 139 cm³/mol. The van der Waals surface area contributed by atoms with Crippen molar-refractivity contribution in [1.29, 1.82) is 0 Å². The highest BCUT2D eigenvalue weighted by Crippen LogP contribution is 2.41. The topological polar surface area (TPSA) is 65.4 Å². The van der Waals surface area contributed by atoms with Crippen molar-refractivity contribution in [1.82, 2.24) is 14.9 Å². The number of amides is 1. The number of aromatic nitrogens is 2. The van der Waals surface area contributed by atoms with Gasteiger partial charge in [-0.25, -0.2) is 4.98 Å². The van der Waals surface area contributed by atoms with Gasteiger partial charge in [0.05, 0.1) is 30.3 Å². The van der Waals surface area contributed by atoms with E-state index in [-0.39, 0.29) is 23.9 Å². The van der Waals surface area contributed by atoms with Gasteiger partial charge in [0.15, 0.2) is 0 Å². The van der Waals surface area contributed by atoms with E-state index in [9.17, 15) is 4.79 Å². The largest absolute Gasteiger partial charge is 0.497 e. The van der Waals surface area contributed by atoms with E-state index in [2.05, 4.69) is 9.88 Å². The number of hydrogen-bond acceptors (Lipinski definition) is 4. The molecule has 6 nitrogen and oxygen atoms in total. The summed E-state index contributed by atoms with van der Waals surface area (Å²) in [5, 5.41) is 3.94. The molecule has 1 heterocycles. The SMILES string of the molecule is COc1ccc2nc(-c3ccc(OC)c(Cl)c3)n(C(C(=O)NC3CCCCC3)C3CCCC3)c2c1. The molecule has 0 radical (unpaired) electrons. The van der Waals surface area contributed by atoms with Crippen molar-refractivity contribution in [3.05, 3.63) is 41.4 Å². The molecule has 2 saturated carbocycles. The summed E-state index contributed by atoms with van der Waals surface area (Å²) in [6.45, 7) is 0. The summed E-state index contributed by atoms with van der Waals surface area (Å²) >= 11 is 6.51. The Morgan fingerprint density at radius 2 is 1.74 bits per heavy atom. The van der Waals surface area contributed by atoms with Crippen molar-refractivity contribution in [2.24, 2.45) is 5.92 Å². The Morgan fingerprint density at radius 1 is 1.00 bits per heavy atom. The molecule has 1 unspecified atom stereocenters. The fourth-order valence-electron chi connectivity index (χ4n) is 5.84. The average Bonchev–Trinajstić information content (AvgIpc) is 3.53. The highest BCUT2D eigenvalue weighted by atomic mass is 35.5. The van der Waals surface area contributed by atoms with Gasteiger partial charge in [-0.2, -0.15) is 0 Å². The number of benzene rings is 2. The van der Waals surface area contributed by atoms with Crippen molar-refractivity contribution in [2.45, 2.75) is 69.9 Å². The van der Waals surface area contributed by atoms with Gasteiger partial charge in [0.2, 0.25) is 5.91 Å². The minimum atomic E-state index is -0.340. The number of halogens is 1. The van der Waals surface area contributed by atoms with Crippen molar-refractivity contribution in [2.75, 3.05) is 14.2 Å². The van der Waals surface area contributed by atoms with Gasteiger partial charge in [-0.15, -0.1) is 0 Å². The van der Waals surface area contributed by atoms with E-state index < -0.39 is 0 Å². The Bertz CT molecular complexity index is 1200. The van der Waals surface area contributed by atoms with Crippen LogP contribution in [0.15, 0.2) is 36.4 Å². The summed E-state index contributed by atoms with van der Waals surface area (Å²) in [6, 6.07) is 11.5. The zero-order chi connectivity index (χ0) is 24.4. The second-order valence-corrected chi connectivity index (χ2v) is 10.2. The highest BCUT2D eigenvalue weighted by molar-refractivity contribution is 6.32. The van der Waals surface area contributed by atoms with E-state index in [0.717, 1.165) is 66.7 Å². The molecule has 1 aromatic heterocycles. The number of imidazole rings is 1. The predicted octanol–water partition coefficient (Wildman–Crippen LogP) is 6.55. The first-order chi connectivity index (χ1) is 17.1. The molecule has 7 heteroatoms. The molecule has 186 valence electrons. The number of rotatable bonds is 7. The van der Waals surface area contributed by atoms with Crippen LogP contribution >= 0.6 is 11.6 Å². The summed E-state index contributed by atoms with van der Waals surface area (Å²) in [6.07, 6.45) is 10.1. The lowest BCUT2D eigenvalue weighted by molar-refractivity contribution is -0.126. The van der Waals surface area contributed by atoms with Crippen molar-refractivity contribution < 1.29 is 14.3 Å². The number of hydrogen-bond donors (Lipinski definition) is 1. The minimum Gasteiger partial charge on any atom is -0.497 e. The highest BCUT2D eigenvalue weighted by Gasteiger charge is 2.36. The van der Waals surface area contributed by atoms with Gasteiger partial charge in [0.25, 0.3) is 0 Å². The zero-order valence-electron chi connectivity index (χ0n) is 20.6. The minimum absolute atomic E-state index is 0.103. The number of carbonyl (C=O) groups is 1. The molecule has 0 spiro atoms. The molecule has 0 bridgehead atoms. The number of carbonyl (C=O) groups excluding carboxylic acids is 1. The lowest BCUT2D eigenvalue weighted by atomic mass is 9.93. The van der Waals surface area contributed by atoms with Crippen molar-refractivity contribution in [3.8, 4) is 22.9 Å². The van der Waals surface area contributed by atoms with Gasteiger partial charge in [-0.1, -0.05) is 43.7 Å². The van der Waals surface area contributed by atoms with E-state index in [0.29, 0.717) is 10.8 Å². The maximum atomic E-state index is 14.0. The monoisotopic (exact) mass is 495 g/mol. The van der Waals surface area contributed by atoms with Crippen LogP contribution in [0.2, 0.25) is 5.02 Å². The van der Waals surface area contributed by atoms with Gasteiger partial charge in [-0.05, 0) is 61.9 Å². The fourth-order valence-corrected chi connectivity index (χ4v) is 6.10. The number of methoxy groups -OCH3 is 2. The lowest BCUT2D eigenvalue weighted by Gasteiger charge is -2.30. The van der Waals surface area contributed by atoms with Gasteiger partial charge in [0.1, 0.15) is 23.4 Å². The summed E-state index contributed by atoms with van der Waals surface area (Å²) < 4.78 is 13.1. The van der Waals surface area contributed by atoms with Crippen molar-refractivity contribution >= 4 is 28.5 Å². The van der Waals surface area contributed by atoms with Gasteiger partial charge in [0, 0.05) is 17.7 Å². The van der Waals surface area contributed by atoms with Crippen molar-refractivity contribution in [3.63, 3.8) is 0 Å². The van der Waals surface area contributed by atoms with Gasteiger partial charge in [-0.3, -0.25) is 4.79 Å². The normalized spacial score (nSPS) is 18.0. The molecule has 2 aliphatic rings. The van der Waals surface area contributed by atoms with Crippen LogP contribution in [0.4, 0.5) is 0 Å².